The first-order chi connectivity index (χ1) is 7.56. The van der Waals surface area contributed by atoms with E-state index in [9.17, 15) is 8.42 Å². The van der Waals surface area contributed by atoms with Crippen molar-refractivity contribution >= 4 is 25.8 Å². The molecule has 1 atom stereocenters. The first-order valence-electron chi connectivity index (χ1n) is 5.22. The van der Waals surface area contributed by atoms with Crippen molar-refractivity contribution in [3.05, 3.63) is 11.6 Å². The zero-order valence-electron chi connectivity index (χ0n) is 9.06. The number of sulfone groups is 1. The topological polar surface area (TPSA) is 64.8 Å². The highest BCUT2D eigenvalue weighted by Gasteiger charge is 2.34. The van der Waals surface area contributed by atoms with E-state index in [0.29, 0.717) is 17.6 Å². The van der Waals surface area contributed by atoms with Gasteiger partial charge in [0.25, 0.3) is 0 Å². The Morgan fingerprint density at radius 2 is 2.19 bits per heavy atom. The second-order valence-corrected chi connectivity index (χ2v) is 6.88. The van der Waals surface area contributed by atoms with Crippen molar-refractivity contribution in [1.82, 2.24) is 14.8 Å². The molecule has 1 aromatic heterocycles. The standard InChI is InChI=1S/C9H14BrN3O2S/c1-13-8(6-10)11-12-9(13)7-4-2-3-5-16(7,14)15/h7H,2-6H2,1H3. The molecule has 2 rings (SSSR count). The van der Waals surface area contributed by atoms with E-state index >= 15 is 0 Å². The fraction of sp³-hybridized carbons (Fsp3) is 0.778. The third kappa shape index (κ3) is 2.02. The summed E-state index contributed by atoms with van der Waals surface area (Å²) < 4.78 is 25.7. The molecule has 0 aromatic carbocycles. The van der Waals surface area contributed by atoms with E-state index in [1.165, 1.54) is 0 Å². The van der Waals surface area contributed by atoms with Gasteiger partial charge in [0.1, 0.15) is 11.1 Å². The van der Waals surface area contributed by atoms with Gasteiger partial charge in [0.15, 0.2) is 15.7 Å². The molecule has 7 heteroatoms. The number of rotatable bonds is 2. The van der Waals surface area contributed by atoms with Crippen LogP contribution in [0.3, 0.4) is 0 Å². The molecule has 2 heterocycles. The Hall–Kier alpha value is -0.430. The van der Waals surface area contributed by atoms with Crippen LogP contribution in [0.5, 0.6) is 0 Å². The van der Waals surface area contributed by atoms with Crippen LogP contribution in [-0.2, 0) is 22.2 Å². The summed E-state index contributed by atoms with van der Waals surface area (Å²) in [6.45, 7) is 0. The quantitative estimate of drug-likeness (QED) is 0.774. The van der Waals surface area contributed by atoms with Crippen molar-refractivity contribution in [3.63, 3.8) is 0 Å². The van der Waals surface area contributed by atoms with Crippen LogP contribution >= 0.6 is 15.9 Å². The van der Waals surface area contributed by atoms with Crippen molar-refractivity contribution in [2.75, 3.05) is 5.75 Å². The van der Waals surface area contributed by atoms with Crippen LogP contribution < -0.4 is 0 Å². The third-order valence-corrected chi connectivity index (χ3v) is 5.66. The van der Waals surface area contributed by atoms with E-state index < -0.39 is 15.1 Å². The molecule has 1 aromatic rings. The second-order valence-electron chi connectivity index (χ2n) is 4.02. The Balaban J connectivity index is 2.39. The molecule has 0 N–H and O–H groups in total. The molecule has 0 bridgehead atoms. The monoisotopic (exact) mass is 307 g/mol. The molecule has 0 radical (unpaired) electrons. The molecule has 90 valence electrons. The summed E-state index contributed by atoms with van der Waals surface area (Å²) in [4.78, 5) is 0. The van der Waals surface area contributed by atoms with Crippen LogP contribution in [0.4, 0.5) is 0 Å². The van der Waals surface area contributed by atoms with Gasteiger partial charge < -0.3 is 4.57 Å². The molecule has 16 heavy (non-hydrogen) atoms. The first-order valence-corrected chi connectivity index (χ1v) is 8.05. The van der Waals surface area contributed by atoms with Crippen LogP contribution in [0.15, 0.2) is 0 Å². The number of alkyl halides is 1. The Morgan fingerprint density at radius 3 is 2.75 bits per heavy atom. The average molecular weight is 308 g/mol. The summed E-state index contributed by atoms with van der Waals surface area (Å²) in [5.74, 6) is 1.61. The van der Waals surface area contributed by atoms with Gasteiger partial charge in [-0.3, -0.25) is 0 Å². The fourth-order valence-corrected chi connectivity index (χ4v) is 4.45. The van der Waals surface area contributed by atoms with Crippen molar-refractivity contribution in [2.24, 2.45) is 7.05 Å². The molecule has 1 unspecified atom stereocenters. The summed E-state index contributed by atoms with van der Waals surface area (Å²) in [5.41, 5.74) is 0. The highest BCUT2D eigenvalue weighted by molar-refractivity contribution is 9.08. The molecule has 1 aliphatic rings. The van der Waals surface area contributed by atoms with E-state index in [1.54, 1.807) is 4.57 Å². The Labute approximate surface area is 103 Å². The van der Waals surface area contributed by atoms with Crippen LogP contribution in [0.2, 0.25) is 0 Å². The van der Waals surface area contributed by atoms with Crippen LogP contribution in [0.25, 0.3) is 0 Å². The molecule has 1 fully saturated rings. The SMILES string of the molecule is Cn1c(CBr)nnc1C1CCCCS1(=O)=O. The van der Waals surface area contributed by atoms with E-state index in [0.717, 1.165) is 18.7 Å². The lowest BCUT2D eigenvalue weighted by Gasteiger charge is -2.21. The van der Waals surface area contributed by atoms with E-state index in [1.807, 2.05) is 7.05 Å². The number of hydrogen-bond donors (Lipinski definition) is 0. The van der Waals surface area contributed by atoms with Gasteiger partial charge in [-0.1, -0.05) is 22.4 Å². The summed E-state index contributed by atoms with van der Waals surface area (Å²) in [6.07, 6.45) is 2.37. The van der Waals surface area contributed by atoms with Crippen molar-refractivity contribution < 1.29 is 8.42 Å². The Kier molecular flexibility index (Phi) is 3.34. The zero-order valence-corrected chi connectivity index (χ0v) is 11.5. The lowest BCUT2D eigenvalue weighted by Crippen LogP contribution is -2.24. The largest absolute Gasteiger partial charge is 0.316 e. The minimum Gasteiger partial charge on any atom is -0.316 e. The third-order valence-electron chi connectivity index (χ3n) is 2.98. The van der Waals surface area contributed by atoms with Gasteiger partial charge in [0.2, 0.25) is 0 Å². The van der Waals surface area contributed by atoms with Gasteiger partial charge in [0.05, 0.1) is 11.1 Å². The van der Waals surface area contributed by atoms with Gasteiger partial charge in [-0.25, -0.2) is 8.42 Å². The molecule has 0 spiro atoms. The Morgan fingerprint density at radius 1 is 1.44 bits per heavy atom. The zero-order chi connectivity index (χ0) is 11.8. The highest BCUT2D eigenvalue weighted by atomic mass is 79.9. The molecule has 0 aliphatic carbocycles. The van der Waals surface area contributed by atoms with Crippen molar-refractivity contribution in [1.29, 1.82) is 0 Å². The predicted octanol–water partition coefficient (Wildman–Crippen LogP) is 1.35. The predicted molar refractivity (Wildman–Crippen MR) is 64.0 cm³/mol. The van der Waals surface area contributed by atoms with Crippen LogP contribution in [-0.4, -0.2) is 28.9 Å². The van der Waals surface area contributed by atoms with Gasteiger partial charge in [-0.05, 0) is 12.8 Å². The number of nitrogens with zero attached hydrogens (tertiary/aromatic N) is 3. The highest BCUT2D eigenvalue weighted by Crippen LogP contribution is 2.32. The minimum absolute atomic E-state index is 0.272. The molecule has 1 aliphatic heterocycles. The smallest absolute Gasteiger partial charge is 0.160 e. The maximum atomic E-state index is 11.9. The lowest BCUT2D eigenvalue weighted by atomic mass is 10.2. The summed E-state index contributed by atoms with van der Waals surface area (Å²) in [7, 11) is -1.22. The normalized spacial score (nSPS) is 24.5. The van der Waals surface area contributed by atoms with Gasteiger partial charge in [0, 0.05) is 7.05 Å². The maximum Gasteiger partial charge on any atom is 0.160 e. The van der Waals surface area contributed by atoms with Crippen molar-refractivity contribution in [2.45, 2.75) is 29.8 Å². The Bertz CT molecular complexity index is 483. The second kappa shape index (κ2) is 4.44. The molecule has 1 saturated heterocycles. The fourth-order valence-electron chi connectivity index (χ4n) is 2.02. The summed E-state index contributed by atoms with van der Waals surface area (Å²) in [5, 5.41) is 8.11. The molecular formula is C9H14BrN3O2S. The summed E-state index contributed by atoms with van der Waals surface area (Å²) >= 11 is 3.30. The van der Waals surface area contributed by atoms with E-state index in [4.69, 9.17) is 0 Å². The molecule has 5 nitrogen and oxygen atoms in total. The number of halogens is 1. The maximum absolute atomic E-state index is 11.9. The molecular weight excluding hydrogens is 294 g/mol. The summed E-state index contributed by atoms with van der Waals surface area (Å²) in [6, 6.07) is 0. The van der Waals surface area contributed by atoms with E-state index in [-0.39, 0.29) is 5.75 Å². The number of hydrogen-bond acceptors (Lipinski definition) is 4. The van der Waals surface area contributed by atoms with Crippen LogP contribution in [0, 0.1) is 0 Å². The van der Waals surface area contributed by atoms with Gasteiger partial charge in [-0.15, -0.1) is 10.2 Å². The number of aromatic nitrogens is 3. The van der Waals surface area contributed by atoms with Crippen molar-refractivity contribution in [3.8, 4) is 0 Å². The lowest BCUT2D eigenvalue weighted by molar-refractivity contribution is 0.532. The molecule has 0 amide bonds. The van der Waals surface area contributed by atoms with Gasteiger partial charge >= 0.3 is 0 Å². The van der Waals surface area contributed by atoms with Crippen LogP contribution in [0.1, 0.15) is 36.2 Å². The first kappa shape index (κ1) is 12.0. The average Bonchev–Trinajstić information content (AvgIpc) is 2.59. The molecule has 0 saturated carbocycles. The minimum atomic E-state index is -3.03. The van der Waals surface area contributed by atoms with E-state index in [2.05, 4.69) is 26.1 Å². The van der Waals surface area contributed by atoms with Gasteiger partial charge in [-0.2, -0.15) is 0 Å².